The first-order valence-electron chi connectivity index (χ1n) is 7.92. The molecule has 1 aromatic rings. The van der Waals surface area contributed by atoms with E-state index < -0.39 is 18.6 Å². The molecule has 2 rings (SSSR count). The van der Waals surface area contributed by atoms with Crippen molar-refractivity contribution in [2.75, 3.05) is 26.7 Å². The Morgan fingerprint density at radius 2 is 2.00 bits per heavy atom. The van der Waals surface area contributed by atoms with Crippen LogP contribution in [-0.2, 0) is 6.54 Å². The number of nitrogens with two attached hydrogens (primary N) is 1. The zero-order valence-electron chi connectivity index (χ0n) is 14.3. The molecular formula is C16H23F3IN5O. The number of carbonyl (C=O) groups excluding carboxylic acids is 1. The molecule has 6 nitrogen and oxygen atoms in total. The van der Waals surface area contributed by atoms with Gasteiger partial charge in [-0.25, -0.2) is 0 Å². The number of guanidine groups is 1. The van der Waals surface area contributed by atoms with E-state index in [1.807, 2.05) is 0 Å². The van der Waals surface area contributed by atoms with Gasteiger partial charge >= 0.3 is 6.18 Å². The molecule has 0 saturated carbocycles. The van der Waals surface area contributed by atoms with Crippen LogP contribution < -0.4 is 16.4 Å². The van der Waals surface area contributed by atoms with Gasteiger partial charge in [-0.1, -0.05) is 12.1 Å². The lowest BCUT2D eigenvalue weighted by atomic mass is 10.1. The third-order valence-corrected chi connectivity index (χ3v) is 3.94. The highest BCUT2D eigenvalue weighted by atomic mass is 127. The maximum atomic E-state index is 12.4. The van der Waals surface area contributed by atoms with Gasteiger partial charge in [0.05, 0.1) is 6.54 Å². The van der Waals surface area contributed by atoms with Gasteiger partial charge in [0.1, 0.15) is 0 Å². The molecule has 1 unspecified atom stereocenters. The molecule has 0 aliphatic carbocycles. The van der Waals surface area contributed by atoms with Gasteiger partial charge in [0.2, 0.25) is 5.91 Å². The molecule has 146 valence electrons. The summed E-state index contributed by atoms with van der Waals surface area (Å²) < 4.78 is 37.3. The molecule has 1 aromatic carbocycles. The van der Waals surface area contributed by atoms with Gasteiger partial charge < -0.3 is 16.4 Å². The molecule has 1 fully saturated rings. The summed E-state index contributed by atoms with van der Waals surface area (Å²) in [6.45, 7) is 0.317. The fraction of sp³-hybridized carbons (Fsp3) is 0.500. The van der Waals surface area contributed by atoms with E-state index in [1.165, 1.54) is 4.90 Å². The number of halogens is 4. The lowest BCUT2D eigenvalue weighted by Crippen LogP contribution is -2.44. The Bertz CT molecular complexity index is 621. The summed E-state index contributed by atoms with van der Waals surface area (Å²) in [6.07, 6.45) is -3.55. The van der Waals surface area contributed by atoms with E-state index in [0.29, 0.717) is 37.6 Å². The number of benzene rings is 1. The first-order valence-corrected chi connectivity index (χ1v) is 7.92. The van der Waals surface area contributed by atoms with Crippen molar-refractivity contribution in [1.82, 2.24) is 15.5 Å². The van der Waals surface area contributed by atoms with Crippen LogP contribution in [0.5, 0.6) is 0 Å². The summed E-state index contributed by atoms with van der Waals surface area (Å²) >= 11 is 0. The molecule has 0 spiro atoms. The number of nitrogens with one attached hydrogen (secondary N) is 2. The Kier molecular flexibility index (Phi) is 8.60. The Morgan fingerprint density at radius 1 is 1.35 bits per heavy atom. The largest absolute Gasteiger partial charge is 0.401 e. The van der Waals surface area contributed by atoms with Crippen molar-refractivity contribution in [3.8, 4) is 0 Å². The predicted molar refractivity (Wildman–Crippen MR) is 105 cm³/mol. The molecule has 1 aliphatic heterocycles. The number of amides is 1. The second-order valence-corrected chi connectivity index (χ2v) is 5.97. The summed E-state index contributed by atoms with van der Waals surface area (Å²) in [5.74, 6) is 0.0412. The van der Waals surface area contributed by atoms with Crippen LogP contribution in [-0.4, -0.2) is 55.7 Å². The van der Waals surface area contributed by atoms with Crippen molar-refractivity contribution in [3.05, 3.63) is 35.4 Å². The van der Waals surface area contributed by atoms with E-state index >= 15 is 0 Å². The monoisotopic (exact) mass is 485 g/mol. The van der Waals surface area contributed by atoms with E-state index in [4.69, 9.17) is 5.73 Å². The highest BCUT2D eigenvalue weighted by Gasteiger charge is 2.34. The lowest BCUT2D eigenvalue weighted by Gasteiger charge is -2.19. The quantitative estimate of drug-likeness (QED) is 0.337. The number of hydrogen-bond acceptors (Lipinski definition) is 3. The third kappa shape index (κ3) is 7.36. The van der Waals surface area contributed by atoms with Crippen LogP contribution in [0.2, 0.25) is 0 Å². The van der Waals surface area contributed by atoms with Gasteiger partial charge in [-0.3, -0.25) is 14.7 Å². The van der Waals surface area contributed by atoms with Crippen molar-refractivity contribution in [3.63, 3.8) is 0 Å². The number of carbonyl (C=O) groups is 1. The number of likely N-dealkylation sites (tertiary alicyclic amines) is 1. The Balaban J connectivity index is 0.00000338. The van der Waals surface area contributed by atoms with Gasteiger partial charge in [-0.15, -0.1) is 24.0 Å². The van der Waals surface area contributed by atoms with E-state index in [9.17, 15) is 18.0 Å². The Morgan fingerprint density at radius 3 is 2.54 bits per heavy atom. The highest BCUT2D eigenvalue weighted by molar-refractivity contribution is 14.0. The highest BCUT2D eigenvalue weighted by Crippen LogP contribution is 2.19. The van der Waals surface area contributed by atoms with Gasteiger partial charge in [0, 0.05) is 38.3 Å². The SMILES string of the molecule is CN=C(NCc1ccc(C(N)=O)cc1)NC1CCN(CC(F)(F)F)C1.I. The summed E-state index contributed by atoms with van der Waals surface area (Å²) in [5, 5.41) is 6.24. The van der Waals surface area contributed by atoms with Crippen LogP contribution in [0.3, 0.4) is 0 Å². The molecular weight excluding hydrogens is 462 g/mol. The fourth-order valence-corrected chi connectivity index (χ4v) is 2.71. The maximum Gasteiger partial charge on any atom is 0.401 e. The van der Waals surface area contributed by atoms with Crippen LogP contribution in [0.4, 0.5) is 13.2 Å². The minimum absolute atomic E-state index is 0. The fourth-order valence-electron chi connectivity index (χ4n) is 2.71. The van der Waals surface area contributed by atoms with Gasteiger partial charge in [-0.2, -0.15) is 13.2 Å². The van der Waals surface area contributed by atoms with Crippen molar-refractivity contribution < 1.29 is 18.0 Å². The lowest BCUT2D eigenvalue weighted by molar-refractivity contribution is -0.143. The average molecular weight is 485 g/mol. The normalized spacial score (nSPS) is 18.3. The molecule has 0 bridgehead atoms. The van der Waals surface area contributed by atoms with E-state index in [2.05, 4.69) is 15.6 Å². The van der Waals surface area contributed by atoms with Crippen molar-refractivity contribution in [2.24, 2.45) is 10.7 Å². The minimum atomic E-state index is -4.17. The van der Waals surface area contributed by atoms with Gasteiger partial charge in [0.25, 0.3) is 0 Å². The zero-order valence-corrected chi connectivity index (χ0v) is 16.7. The number of hydrogen-bond donors (Lipinski definition) is 3. The smallest absolute Gasteiger partial charge is 0.366 e. The second-order valence-electron chi connectivity index (χ2n) is 5.97. The molecule has 1 aliphatic rings. The molecule has 1 saturated heterocycles. The average Bonchev–Trinajstić information content (AvgIpc) is 2.96. The molecule has 1 atom stereocenters. The van der Waals surface area contributed by atoms with Crippen molar-refractivity contribution in [2.45, 2.75) is 25.2 Å². The van der Waals surface area contributed by atoms with Crippen molar-refractivity contribution in [1.29, 1.82) is 0 Å². The first-order chi connectivity index (χ1) is 11.8. The molecule has 0 aromatic heterocycles. The Labute approximate surface area is 167 Å². The molecule has 1 heterocycles. The van der Waals surface area contributed by atoms with Crippen molar-refractivity contribution >= 4 is 35.8 Å². The standard InChI is InChI=1S/C16H22F3N5O.HI/c1-21-15(22-8-11-2-4-12(5-3-11)14(20)25)23-13-6-7-24(9-13)10-16(17,18)19;/h2-5,13H,6-10H2,1H3,(H2,20,25)(H2,21,22,23);1H. The first kappa shape index (κ1) is 22.5. The summed E-state index contributed by atoms with van der Waals surface area (Å²) in [6, 6.07) is 6.76. The van der Waals surface area contributed by atoms with Crippen LogP contribution in [0.15, 0.2) is 29.3 Å². The molecule has 1 amide bonds. The number of nitrogens with zero attached hydrogens (tertiary/aromatic N) is 2. The van der Waals surface area contributed by atoms with E-state index in [1.54, 1.807) is 31.3 Å². The number of alkyl halides is 3. The number of rotatable bonds is 5. The number of aliphatic imine (C=N–C) groups is 1. The van der Waals surface area contributed by atoms with Gasteiger partial charge in [0.15, 0.2) is 5.96 Å². The topological polar surface area (TPSA) is 82.7 Å². The zero-order chi connectivity index (χ0) is 18.4. The maximum absolute atomic E-state index is 12.4. The summed E-state index contributed by atoms with van der Waals surface area (Å²) in [4.78, 5) is 16.5. The summed E-state index contributed by atoms with van der Waals surface area (Å²) in [5.41, 5.74) is 6.55. The van der Waals surface area contributed by atoms with Crippen LogP contribution in [0.25, 0.3) is 0 Å². The molecule has 10 heteroatoms. The van der Waals surface area contributed by atoms with Crippen LogP contribution in [0.1, 0.15) is 22.3 Å². The Hall–Kier alpha value is -1.56. The van der Waals surface area contributed by atoms with E-state index in [-0.39, 0.29) is 30.0 Å². The summed E-state index contributed by atoms with van der Waals surface area (Å²) in [7, 11) is 1.61. The molecule has 4 N–H and O–H groups in total. The number of primary amides is 1. The minimum Gasteiger partial charge on any atom is -0.366 e. The third-order valence-electron chi connectivity index (χ3n) is 3.94. The second kappa shape index (κ2) is 9.95. The molecule has 0 radical (unpaired) electrons. The predicted octanol–water partition coefficient (Wildman–Crippen LogP) is 1.71. The van der Waals surface area contributed by atoms with Gasteiger partial charge in [-0.05, 0) is 24.1 Å². The van der Waals surface area contributed by atoms with Crippen LogP contribution in [0, 0.1) is 0 Å². The van der Waals surface area contributed by atoms with Crippen LogP contribution >= 0.6 is 24.0 Å². The molecule has 26 heavy (non-hydrogen) atoms. The van der Waals surface area contributed by atoms with E-state index in [0.717, 1.165) is 5.56 Å².